The lowest BCUT2D eigenvalue weighted by Gasteiger charge is -2.05. The topological polar surface area (TPSA) is 73.0 Å². The van der Waals surface area contributed by atoms with Crippen molar-refractivity contribution in [3.63, 3.8) is 0 Å². The van der Waals surface area contributed by atoms with Crippen molar-refractivity contribution in [3.8, 4) is 0 Å². The summed E-state index contributed by atoms with van der Waals surface area (Å²) in [6.07, 6.45) is 2.84. The predicted octanol–water partition coefficient (Wildman–Crippen LogP) is 0.957. The molecular weight excluding hydrogens is 196 g/mol. The molecule has 0 amide bonds. The fourth-order valence-corrected chi connectivity index (χ4v) is 1.14. The van der Waals surface area contributed by atoms with E-state index in [1.807, 2.05) is 6.92 Å². The minimum absolute atomic E-state index is 0.133. The Morgan fingerprint density at radius 1 is 1.80 bits per heavy atom. The number of aromatic nitrogens is 2. The number of rotatable bonds is 6. The Balaban J connectivity index is 2.50. The summed E-state index contributed by atoms with van der Waals surface area (Å²) in [6, 6.07) is 0. The van der Waals surface area contributed by atoms with E-state index in [0.29, 0.717) is 13.1 Å². The van der Waals surface area contributed by atoms with Gasteiger partial charge < -0.3 is 20.0 Å². The van der Waals surface area contributed by atoms with Crippen LogP contribution in [0.3, 0.4) is 0 Å². The van der Waals surface area contributed by atoms with E-state index >= 15 is 0 Å². The van der Waals surface area contributed by atoms with E-state index in [1.54, 1.807) is 4.57 Å². The second-order valence-corrected chi connectivity index (χ2v) is 3.19. The van der Waals surface area contributed by atoms with Crippen molar-refractivity contribution in [2.24, 2.45) is 0 Å². The molecule has 0 aliphatic carbocycles. The molecule has 1 aromatic rings. The molecule has 1 heterocycles. The van der Waals surface area contributed by atoms with Crippen LogP contribution in [-0.4, -0.2) is 27.6 Å². The van der Waals surface area contributed by atoms with Gasteiger partial charge in [-0.25, -0.2) is 0 Å². The fourth-order valence-electron chi connectivity index (χ4n) is 1.14. The van der Waals surface area contributed by atoms with Crippen molar-refractivity contribution in [3.05, 3.63) is 34.8 Å². The van der Waals surface area contributed by atoms with Gasteiger partial charge in [0.15, 0.2) is 0 Å². The van der Waals surface area contributed by atoms with Gasteiger partial charge in [0.25, 0.3) is 0 Å². The summed E-state index contributed by atoms with van der Waals surface area (Å²) in [5, 5.41) is 13.5. The first-order chi connectivity index (χ1) is 7.13. The smallest absolute Gasteiger partial charge is 0.358 e. The van der Waals surface area contributed by atoms with Crippen LogP contribution in [0.2, 0.25) is 0 Å². The lowest BCUT2D eigenvalue weighted by Crippen LogP contribution is -2.17. The van der Waals surface area contributed by atoms with Crippen LogP contribution in [0.25, 0.3) is 0 Å². The molecule has 0 saturated carbocycles. The zero-order valence-corrected chi connectivity index (χ0v) is 8.64. The first-order valence-electron chi connectivity index (χ1n) is 4.67. The lowest BCUT2D eigenvalue weighted by atomic mass is 10.3. The maximum absolute atomic E-state index is 10.4. The molecule has 0 aromatic carbocycles. The third kappa shape index (κ3) is 3.51. The summed E-state index contributed by atoms with van der Waals surface area (Å²) in [4.78, 5) is 13.5. The zero-order chi connectivity index (χ0) is 11.3. The monoisotopic (exact) mass is 210 g/mol. The Kier molecular flexibility index (Phi) is 3.99. The van der Waals surface area contributed by atoms with Gasteiger partial charge in [0, 0.05) is 13.1 Å². The van der Waals surface area contributed by atoms with Crippen molar-refractivity contribution in [2.75, 3.05) is 13.1 Å². The van der Waals surface area contributed by atoms with Crippen molar-refractivity contribution in [2.45, 2.75) is 13.5 Å². The van der Waals surface area contributed by atoms with Crippen LogP contribution in [0.1, 0.15) is 6.92 Å². The minimum atomic E-state index is -0.510. The van der Waals surface area contributed by atoms with Crippen molar-refractivity contribution in [1.29, 1.82) is 0 Å². The van der Waals surface area contributed by atoms with E-state index in [0.717, 1.165) is 12.1 Å². The standard InChI is InChI=1S/C9H14N4O2/c1-3-10-4-8(2)5-12-6-9(11-7-12)13(14)15/h6-7,10H,2-5H2,1H3. The normalized spacial score (nSPS) is 10.2. The van der Waals surface area contributed by atoms with Crippen LogP contribution in [0, 0.1) is 10.1 Å². The summed E-state index contributed by atoms with van der Waals surface area (Å²) in [5.41, 5.74) is 0.962. The lowest BCUT2D eigenvalue weighted by molar-refractivity contribution is -0.389. The van der Waals surface area contributed by atoms with Crippen LogP contribution >= 0.6 is 0 Å². The number of hydrogen-bond donors (Lipinski definition) is 1. The molecule has 0 unspecified atom stereocenters. The molecule has 0 aliphatic rings. The van der Waals surface area contributed by atoms with Crippen LogP contribution in [0.5, 0.6) is 0 Å². The maximum atomic E-state index is 10.4. The van der Waals surface area contributed by atoms with Crippen LogP contribution < -0.4 is 5.32 Å². The second kappa shape index (κ2) is 5.26. The van der Waals surface area contributed by atoms with Gasteiger partial charge in [-0.2, -0.15) is 0 Å². The summed E-state index contributed by atoms with van der Waals surface area (Å²) in [6.45, 7) is 8.01. The van der Waals surface area contributed by atoms with Gasteiger partial charge in [0.2, 0.25) is 6.33 Å². The summed E-state index contributed by atoms with van der Waals surface area (Å²) < 4.78 is 1.65. The quantitative estimate of drug-likeness (QED) is 0.431. The van der Waals surface area contributed by atoms with Gasteiger partial charge >= 0.3 is 5.82 Å². The van der Waals surface area contributed by atoms with E-state index in [2.05, 4.69) is 16.9 Å². The van der Waals surface area contributed by atoms with Crippen LogP contribution in [-0.2, 0) is 6.54 Å². The van der Waals surface area contributed by atoms with Gasteiger partial charge in [-0.05, 0) is 22.0 Å². The molecule has 15 heavy (non-hydrogen) atoms. The molecule has 0 radical (unpaired) electrons. The molecule has 1 aromatic heterocycles. The highest BCUT2D eigenvalue weighted by molar-refractivity contribution is 5.13. The summed E-state index contributed by atoms with van der Waals surface area (Å²) >= 11 is 0. The highest BCUT2D eigenvalue weighted by Gasteiger charge is 2.09. The first-order valence-corrected chi connectivity index (χ1v) is 4.67. The Bertz CT molecular complexity index is 359. The van der Waals surface area contributed by atoms with Gasteiger partial charge in [0.05, 0.1) is 0 Å². The van der Waals surface area contributed by atoms with Crippen molar-refractivity contribution >= 4 is 5.82 Å². The number of nitro groups is 1. The maximum Gasteiger partial charge on any atom is 0.381 e. The molecule has 0 atom stereocenters. The molecule has 0 saturated heterocycles. The molecule has 0 bridgehead atoms. The Morgan fingerprint density at radius 3 is 3.07 bits per heavy atom. The van der Waals surface area contributed by atoms with Gasteiger partial charge in [-0.1, -0.05) is 13.5 Å². The highest BCUT2D eigenvalue weighted by atomic mass is 16.6. The number of nitrogens with one attached hydrogen (secondary N) is 1. The summed E-state index contributed by atoms with van der Waals surface area (Å²) in [7, 11) is 0. The first kappa shape index (κ1) is 11.4. The van der Waals surface area contributed by atoms with Crippen LogP contribution in [0.15, 0.2) is 24.7 Å². The average molecular weight is 210 g/mol. The van der Waals surface area contributed by atoms with Gasteiger partial charge in [0.1, 0.15) is 6.20 Å². The number of nitrogens with zero attached hydrogens (tertiary/aromatic N) is 3. The Morgan fingerprint density at radius 2 is 2.53 bits per heavy atom. The summed E-state index contributed by atoms with van der Waals surface area (Å²) in [5.74, 6) is -0.133. The number of likely N-dealkylation sites (N-methyl/N-ethyl adjacent to an activating group) is 1. The minimum Gasteiger partial charge on any atom is -0.358 e. The van der Waals surface area contributed by atoms with E-state index < -0.39 is 4.92 Å². The third-order valence-electron chi connectivity index (χ3n) is 1.84. The van der Waals surface area contributed by atoms with E-state index in [4.69, 9.17) is 0 Å². The van der Waals surface area contributed by atoms with Gasteiger partial charge in [-0.3, -0.25) is 0 Å². The van der Waals surface area contributed by atoms with Crippen molar-refractivity contribution < 1.29 is 4.92 Å². The Labute approximate surface area is 87.8 Å². The molecule has 0 fully saturated rings. The van der Waals surface area contributed by atoms with Crippen LogP contribution in [0.4, 0.5) is 5.82 Å². The fraction of sp³-hybridized carbons (Fsp3) is 0.444. The second-order valence-electron chi connectivity index (χ2n) is 3.19. The van der Waals surface area contributed by atoms with Gasteiger partial charge in [-0.15, -0.1) is 0 Å². The molecule has 1 rings (SSSR count). The predicted molar refractivity (Wildman–Crippen MR) is 56.6 cm³/mol. The van der Waals surface area contributed by atoms with E-state index in [9.17, 15) is 10.1 Å². The highest BCUT2D eigenvalue weighted by Crippen LogP contribution is 2.06. The van der Waals surface area contributed by atoms with Crippen molar-refractivity contribution in [1.82, 2.24) is 14.9 Å². The molecule has 82 valence electrons. The number of hydrogen-bond acceptors (Lipinski definition) is 4. The molecular formula is C9H14N4O2. The number of imidazole rings is 1. The molecule has 6 heteroatoms. The van der Waals surface area contributed by atoms with E-state index in [1.165, 1.54) is 12.5 Å². The molecule has 6 nitrogen and oxygen atoms in total. The SMILES string of the molecule is C=C(CNCC)Cn1cnc([N+](=O)[O-])c1. The average Bonchev–Trinajstić information content (AvgIpc) is 2.63. The molecule has 0 aliphatic heterocycles. The Hall–Kier alpha value is -1.69. The zero-order valence-electron chi connectivity index (χ0n) is 8.64. The largest absolute Gasteiger partial charge is 0.381 e. The molecule has 0 spiro atoms. The molecule has 1 N–H and O–H groups in total. The van der Waals surface area contributed by atoms with E-state index in [-0.39, 0.29) is 5.82 Å². The third-order valence-corrected chi connectivity index (χ3v) is 1.84.